The van der Waals surface area contributed by atoms with Crippen molar-refractivity contribution in [3.63, 3.8) is 0 Å². The average molecular weight is 296 g/mol. The number of unbranched alkanes of at least 4 members (excludes halogenated alkanes) is 4. The molecule has 2 heteroatoms. The van der Waals surface area contributed by atoms with Crippen LogP contribution in [0, 0.1) is 6.92 Å². The third-order valence-electron chi connectivity index (χ3n) is 4.12. The first-order chi connectivity index (χ1) is 10.8. The molecule has 118 valence electrons. The highest BCUT2D eigenvalue weighted by Gasteiger charge is 2.12. The van der Waals surface area contributed by atoms with Crippen LogP contribution in [-0.4, -0.2) is 4.98 Å². The van der Waals surface area contributed by atoms with E-state index in [1.807, 2.05) is 12.3 Å². The predicted octanol–water partition coefficient (Wildman–Crippen LogP) is 5.90. The quantitative estimate of drug-likeness (QED) is 0.582. The van der Waals surface area contributed by atoms with Crippen molar-refractivity contribution in [3.8, 4) is 0 Å². The van der Waals surface area contributed by atoms with Crippen LogP contribution in [-0.2, 0) is 0 Å². The van der Waals surface area contributed by atoms with Gasteiger partial charge in [0, 0.05) is 6.20 Å². The lowest BCUT2D eigenvalue weighted by molar-refractivity contribution is 0.571. The summed E-state index contributed by atoms with van der Waals surface area (Å²) in [6.45, 7) is 4.37. The largest absolute Gasteiger partial charge is 0.363 e. The van der Waals surface area contributed by atoms with E-state index >= 15 is 0 Å². The summed E-state index contributed by atoms with van der Waals surface area (Å²) in [6, 6.07) is 15.2. The molecule has 1 aromatic carbocycles. The molecule has 0 fully saturated rings. The number of hydrogen-bond acceptors (Lipinski definition) is 2. The molecule has 1 N–H and O–H groups in total. The molecule has 0 bridgehead atoms. The van der Waals surface area contributed by atoms with E-state index < -0.39 is 0 Å². The van der Waals surface area contributed by atoms with Crippen molar-refractivity contribution in [2.24, 2.45) is 0 Å². The topological polar surface area (TPSA) is 24.9 Å². The fourth-order valence-corrected chi connectivity index (χ4v) is 2.76. The van der Waals surface area contributed by atoms with E-state index in [0.717, 1.165) is 12.2 Å². The Bertz CT molecular complexity index is 536. The molecule has 0 radical (unpaired) electrons. The monoisotopic (exact) mass is 296 g/mol. The third kappa shape index (κ3) is 5.18. The second-order valence-electron chi connectivity index (χ2n) is 5.98. The van der Waals surface area contributed by atoms with Gasteiger partial charge in [0.15, 0.2) is 0 Å². The van der Waals surface area contributed by atoms with Crippen molar-refractivity contribution < 1.29 is 0 Å². The van der Waals surface area contributed by atoms with Crippen LogP contribution in [0.1, 0.15) is 62.6 Å². The summed E-state index contributed by atoms with van der Waals surface area (Å²) in [5.74, 6) is 1.00. The summed E-state index contributed by atoms with van der Waals surface area (Å²) < 4.78 is 0. The highest BCUT2D eigenvalue weighted by atomic mass is 15.0. The molecular formula is C20H28N2. The second kappa shape index (κ2) is 9.24. The fourth-order valence-electron chi connectivity index (χ4n) is 2.76. The SMILES string of the molecule is CCCCCCCC(Nc1ncccc1C)c1ccccc1. The Kier molecular flexibility index (Phi) is 6.95. The van der Waals surface area contributed by atoms with Gasteiger partial charge in [-0.15, -0.1) is 0 Å². The van der Waals surface area contributed by atoms with E-state index in [0.29, 0.717) is 6.04 Å². The van der Waals surface area contributed by atoms with Crippen molar-refractivity contribution in [1.82, 2.24) is 4.98 Å². The van der Waals surface area contributed by atoms with E-state index in [2.05, 4.69) is 60.5 Å². The minimum absolute atomic E-state index is 0.344. The fraction of sp³-hybridized carbons (Fsp3) is 0.450. The predicted molar refractivity (Wildman–Crippen MR) is 95.2 cm³/mol. The first kappa shape index (κ1) is 16.5. The molecule has 22 heavy (non-hydrogen) atoms. The first-order valence-electron chi connectivity index (χ1n) is 8.54. The number of nitrogens with zero attached hydrogens (tertiary/aromatic N) is 1. The minimum Gasteiger partial charge on any atom is -0.363 e. The second-order valence-corrected chi connectivity index (χ2v) is 5.98. The first-order valence-corrected chi connectivity index (χ1v) is 8.54. The standard InChI is InChI=1S/C20H28N2/c1-3-4-5-6-10-15-19(18-13-8-7-9-14-18)22-20-17(2)12-11-16-21-20/h7-9,11-14,16,19H,3-6,10,15H2,1-2H3,(H,21,22). The lowest BCUT2D eigenvalue weighted by Crippen LogP contribution is -2.12. The number of aromatic nitrogens is 1. The molecule has 0 amide bonds. The van der Waals surface area contributed by atoms with Gasteiger partial charge in [-0.25, -0.2) is 4.98 Å². The summed E-state index contributed by atoms with van der Waals surface area (Å²) in [7, 11) is 0. The summed E-state index contributed by atoms with van der Waals surface area (Å²) in [4.78, 5) is 4.49. The maximum Gasteiger partial charge on any atom is 0.129 e. The molecule has 1 unspecified atom stereocenters. The Morgan fingerprint density at radius 3 is 2.45 bits per heavy atom. The molecule has 0 saturated heterocycles. The molecule has 2 aromatic rings. The summed E-state index contributed by atoms with van der Waals surface area (Å²) in [5.41, 5.74) is 2.55. The van der Waals surface area contributed by atoms with E-state index in [9.17, 15) is 0 Å². The Morgan fingerprint density at radius 2 is 1.73 bits per heavy atom. The van der Waals surface area contributed by atoms with Crippen molar-refractivity contribution in [3.05, 3.63) is 59.8 Å². The Morgan fingerprint density at radius 1 is 0.955 bits per heavy atom. The van der Waals surface area contributed by atoms with Gasteiger partial charge in [0.1, 0.15) is 5.82 Å². The molecule has 0 aliphatic heterocycles. The highest BCUT2D eigenvalue weighted by Crippen LogP contribution is 2.25. The Hall–Kier alpha value is -1.83. The molecule has 0 aliphatic rings. The summed E-state index contributed by atoms with van der Waals surface area (Å²) in [6.07, 6.45) is 9.60. The number of benzene rings is 1. The number of nitrogens with one attached hydrogen (secondary N) is 1. The number of aryl methyl sites for hydroxylation is 1. The van der Waals surface area contributed by atoms with Crippen LogP contribution in [0.5, 0.6) is 0 Å². The molecule has 1 aromatic heterocycles. The van der Waals surface area contributed by atoms with Gasteiger partial charge in [0.25, 0.3) is 0 Å². The number of rotatable bonds is 9. The van der Waals surface area contributed by atoms with Crippen molar-refractivity contribution in [1.29, 1.82) is 0 Å². The van der Waals surface area contributed by atoms with Gasteiger partial charge in [-0.3, -0.25) is 0 Å². The van der Waals surface area contributed by atoms with E-state index in [4.69, 9.17) is 0 Å². The molecule has 0 spiro atoms. The zero-order valence-electron chi connectivity index (χ0n) is 13.9. The van der Waals surface area contributed by atoms with Gasteiger partial charge in [0.05, 0.1) is 6.04 Å². The normalized spacial score (nSPS) is 12.1. The maximum atomic E-state index is 4.49. The zero-order chi connectivity index (χ0) is 15.6. The average Bonchev–Trinajstić information content (AvgIpc) is 2.56. The number of anilines is 1. The van der Waals surface area contributed by atoms with Gasteiger partial charge in [-0.05, 0) is 30.5 Å². The summed E-state index contributed by atoms with van der Waals surface area (Å²) in [5, 5.41) is 3.64. The molecule has 0 saturated carbocycles. The van der Waals surface area contributed by atoms with Gasteiger partial charge < -0.3 is 5.32 Å². The van der Waals surface area contributed by atoms with Crippen LogP contribution in [0.4, 0.5) is 5.82 Å². The Balaban J connectivity index is 2.01. The zero-order valence-corrected chi connectivity index (χ0v) is 13.9. The Labute approximate surface area is 135 Å². The van der Waals surface area contributed by atoms with E-state index in [1.165, 1.54) is 43.2 Å². The molecular weight excluding hydrogens is 268 g/mol. The maximum absolute atomic E-state index is 4.49. The molecule has 1 heterocycles. The van der Waals surface area contributed by atoms with Gasteiger partial charge in [-0.2, -0.15) is 0 Å². The van der Waals surface area contributed by atoms with Crippen LogP contribution in [0.2, 0.25) is 0 Å². The minimum atomic E-state index is 0.344. The molecule has 0 aliphatic carbocycles. The van der Waals surface area contributed by atoms with Crippen molar-refractivity contribution in [2.45, 2.75) is 58.4 Å². The molecule has 1 atom stereocenters. The van der Waals surface area contributed by atoms with Gasteiger partial charge in [0.2, 0.25) is 0 Å². The number of hydrogen-bond donors (Lipinski definition) is 1. The van der Waals surface area contributed by atoms with Crippen molar-refractivity contribution in [2.75, 3.05) is 5.32 Å². The smallest absolute Gasteiger partial charge is 0.129 e. The van der Waals surface area contributed by atoms with E-state index in [-0.39, 0.29) is 0 Å². The van der Waals surface area contributed by atoms with Crippen LogP contribution in [0.15, 0.2) is 48.7 Å². The third-order valence-corrected chi connectivity index (χ3v) is 4.12. The van der Waals surface area contributed by atoms with Crippen LogP contribution >= 0.6 is 0 Å². The molecule has 2 nitrogen and oxygen atoms in total. The molecule has 2 rings (SSSR count). The van der Waals surface area contributed by atoms with Gasteiger partial charge >= 0.3 is 0 Å². The van der Waals surface area contributed by atoms with Gasteiger partial charge in [-0.1, -0.05) is 75.4 Å². The van der Waals surface area contributed by atoms with Crippen molar-refractivity contribution >= 4 is 5.82 Å². The lowest BCUT2D eigenvalue weighted by atomic mass is 9.99. The van der Waals surface area contributed by atoms with E-state index in [1.54, 1.807) is 0 Å². The summed E-state index contributed by atoms with van der Waals surface area (Å²) >= 11 is 0. The van der Waals surface area contributed by atoms with Crippen LogP contribution < -0.4 is 5.32 Å². The number of pyridine rings is 1. The lowest BCUT2D eigenvalue weighted by Gasteiger charge is -2.21. The van der Waals surface area contributed by atoms with Crippen LogP contribution in [0.25, 0.3) is 0 Å². The highest BCUT2D eigenvalue weighted by molar-refractivity contribution is 5.45. The van der Waals surface area contributed by atoms with Crippen LogP contribution in [0.3, 0.4) is 0 Å².